The standard InChI is InChI=1S/C24H36N4O3S/c1-7-28(18-10-8-17(9-11-18)27(4)5)24-16(3)20(14-32-24)22(29)25-13-19-21(31-6)12-15(2)26-23(19)30/h12,14,17-18H,7-11,13H2,1-6H3,(H,25,29)(H,26,30). The number of carbonyl (C=O) groups excluding carboxylic acids is 1. The van der Waals surface area contributed by atoms with E-state index < -0.39 is 0 Å². The Morgan fingerprint density at radius 3 is 2.47 bits per heavy atom. The quantitative estimate of drug-likeness (QED) is 0.628. The van der Waals surface area contributed by atoms with E-state index in [2.05, 4.69) is 41.1 Å². The van der Waals surface area contributed by atoms with Crippen molar-refractivity contribution in [1.29, 1.82) is 0 Å². The summed E-state index contributed by atoms with van der Waals surface area (Å²) in [5, 5.41) is 6.02. The third-order valence-corrected chi connectivity index (χ3v) is 7.69. The first-order chi connectivity index (χ1) is 15.3. The fourth-order valence-corrected chi connectivity index (χ4v) is 5.88. The average Bonchev–Trinajstić information content (AvgIpc) is 3.14. The molecule has 0 radical (unpaired) electrons. The third kappa shape index (κ3) is 5.18. The fourth-order valence-electron chi connectivity index (χ4n) is 4.67. The second-order valence-corrected chi connectivity index (χ2v) is 9.66. The highest BCUT2D eigenvalue weighted by atomic mass is 32.1. The molecular weight excluding hydrogens is 424 g/mol. The van der Waals surface area contributed by atoms with Crippen LogP contribution in [0.15, 0.2) is 16.2 Å². The molecule has 1 aliphatic carbocycles. The number of aryl methyl sites for hydroxylation is 1. The van der Waals surface area contributed by atoms with Crippen LogP contribution >= 0.6 is 11.3 Å². The Labute approximate surface area is 194 Å². The summed E-state index contributed by atoms with van der Waals surface area (Å²) in [5.74, 6) is 0.319. The summed E-state index contributed by atoms with van der Waals surface area (Å²) >= 11 is 1.63. The molecule has 1 aliphatic rings. The van der Waals surface area contributed by atoms with Crippen LogP contribution in [0.3, 0.4) is 0 Å². The van der Waals surface area contributed by atoms with Crippen LogP contribution in [-0.4, -0.2) is 55.6 Å². The fraction of sp³-hybridized carbons (Fsp3) is 0.583. The lowest BCUT2D eigenvalue weighted by Gasteiger charge is -2.39. The Kier molecular flexibility index (Phi) is 8.00. The number of hydrogen-bond acceptors (Lipinski definition) is 6. The molecule has 32 heavy (non-hydrogen) atoms. The van der Waals surface area contributed by atoms with Gasteiger partial charge < -0.3 is 24.8 Å². The van der Waals surface area contributed by atoms with Crippen LogP contribution in [-0.2, 0) is 6.54 Å². The molecule has 176 valence electrons. The highest BCUT2D eigenvalue weighted by molar-refractivity contribution is 7.14. The van der Waals surface area contributed by atoms with Gasteiger partial charge in [0.15, 0.2) is 0 Å². The minimum atomic E-state index is -0.240. The molecule has 0 bridgehead atoms. The Morgan fingerprint density at radius 1 is 1.22 bits per heavy atom. The molecule has 8 heteroatoms. The SMILES string of the molecule is CCN(c1scc(C(=O)NCc2c(OC)cc(C)[nH]c2=O)c1C)C1CCC(N(C)C)CC1. The molecule has 2 aromatic heterocycles. The van der Waals surface area contributed by atoms with Gasteiger partial charge in [0.25, 0.3) is 11.5 Å². The number of aromatic nitrogens is 1. The van der Waals surface area contributed by atoms with Crippen molar-refractivity contribution in [1.82, 2.24) is 15.2 Å². The molecule has 1 saturated carbocycles. The molecule has 0 spiro atoms. The van der Waals surface area contributed by atoms with Gasteiger partial charge in [-0.05, 0) is 72.2 Å². The zero-order valence-corrected chi connectivity index (χ0v) is 20.9. The van der Waals surface area contributed by atoms with Gasteiger partial charge in [-0.25, -0.2) is 0 Å². The van der Waals surface area contributed by atoms with Crippen LogP contribution in [0.5, 0.6) is 5.75 Å². The summed E-state index contributed by atoms with van der Waals surface area (Å²) < 4.78 is 5.33. The minimum absolute atomic E-state index is 0.119. The van der Waals surface area contributed by atoms with E-state index in [1.165, 1.54) is 37.8 Å². The molecule has 2 aromatic rings. The average molecular weight is 461 g/mol. The maximum Gasteiger partial charge on any atom is 0.256 e. The normalized spacial score (nSPS) is 18.6. The second kappa shape index (κ2) is 10.5. The molecule has 1 fully saturated rings. The van der Waals surface area contributed by atoms with E-state index in [-0.39, 0.29) is 18.0 Å². The number of carbonyl (C=O) groups is 1. The molecule has 0 atom stereocenters. The van der Waals surface area contributed by atoms with Gasteiger partial charge in [-0.1, -0.05) is 0 Å². The summed E-state index contributed by atoms with van der Waals surface area (Å²) in [6, 6.07) is 2.94. The van der Waals surface area contributed by atoms with E-state index >= 15 is 0 Å². The van der Waals surface area contributed by atoms with Gasteiger partial charge in [0, 0.05) is 29.7 Å². The lowest BCUT2D eigenvalue weighted by atomic mass is 9.89. The number of pyridine rings is 1. The van der Waals surface area contributed by atoms with E-state index in [0.29, 0.717) is 29.0 Å². The van der Waals surface area contributed by atoms with Crippen molar-refractivity contribution < 1.29 is 9.53 Å². The van der Waals surface area contributed by atoms with Gasteiger partial charge in [0.1, 0.15) is 5.75 Å². The number of anilines is 1. The van der Waals surface area contributed by atoms with Crippen LogP contribution in [0, 0.1) is 13.8 Å². The molecule has 2 N–H and O–H groups in total. The lowest BCUT2D eigenvalue weighted by molar-refractivity contribution is 0.0950. The Balaban J connectivity index is 1.71. The molecular formula is C24H36N4O3S. The van der Waals surface area contributed by atoms with E-state index in [4.69, 9.17) is 4.74 Å². The van der Waals surface area contributed by atoms with Crippen LogP contribution < -0.4 is 20.5 Å². The van der Waals surface area contributed by atoms with Crippen LogP contribution in [0.1, 0.15) is 59.8 Å². The number of aromatic amines is 1. The molecule has 3 rings (SSSR count). The summed E-state index contributed by atoms with van der Waals surface area (Å²) in [7, 11) is 5.86. The second-order valence-electron chi connectivity index (χ2n) is 8.80. The van der Waals surface area contributed by atoms with Gasteiger partial charge in [0.2, 0.25) is 0 Å². The summed E-state index contributed by atoms with van der Waals surface area (Å²) in [6.45, 7) is 7.06. The predicted molar refractivity (Wildman–Crippen MR) is 131 cm³/mol. The number of nitrogens with one attached hydrogen (secondary N) is 2. The number of H-pyrrole nitrogens is 1. The van der Waals surface area contributed by atoms with Crippen LogP contribution in [0.4, 0.5) is 5.00 Å². The summed E-state index contributed by atoms with van der Waals surface area (Å²) in [5.41, 5.74) is 2.59. The number of nitrogens with zero attached hydrogens (tertiary/aromatic N) is 2. The molecule has 0 saturated heterocycles. The molecule has 1 amide bonds. The number of rotatable bonds is 8. The lowest BCUT2D eigenvalue weighted by Crippen LogP contribution is -2.42. The molecule has 0 unspecified atom stereocenters. The van der Waals surface area contributed by atoms with Crippen molar-refractivity contribution in [3.63, 3.8) is 0 Å². The first-order valence-electron chi connectivity index (χ1n) is 11.3. The third-order valence-electron chi connectivity index (χ3n) is 6.57. The van der Waals surface area contributed by atoms with Gasteiger partial charge >= 0.3 is 0 Å². The first kappa shape index (κ1) is 24.3. The van der Waals surface area contributed by atoms with Crippen molar-refractivity contribution in [2.24, 2.45) is 0 Å². The Morgan fingerprint density at radius 2 is 1.88 bits per heavy atom. The largest absolute Gasteiger partial charge is 0.496 e. The molecule has 7 nitrogen and oxygen atoms in total. The molecule has 2 heterocycles. The number of amides is 1. The smallest absolute Gasteiger partial charge is 0.256 e. The Bertz CT molecular complexity index is 990. The van der Waals surface area contributed by atoms with Crippen molar-refractivity contribution >= 4 is 22.2 Å². The van der Waals surface area contributed by atoms with Gasteiger partial charge in [0.05, 0.1) is 29.8 Å². The predicted octanol–water partition coefficient (Wildman–Crippen LogP) is 3.69. The zero-order valence-electron chi connectivity index (χ0n) is 20.1. The van der Waals surface area contributed by atoms with E-state index in [1.807, 2.05) is 12.3 Å². The monoisotopic (exact) mass is 460 g/mol. The number of methoxy groups -OCH3 is 1. The summed E-state index contributed by atoms with van der Waals surface area (Å²) in [6.07, 6.45) is 4.76. The topological polar surface area (TPSA) is 77.7 Å². The van der Waals surface area contributed by atoms with E-state index in [1.54, 1.807) is 24.3 Å². The highest BCUT2D eigenvalue weighted by Gasteiger charge is 2.28. The first-order valence-corrected chi connectivity index (χ1v) is 12.2. The zero-order chi connectivity index (χ0) is 23.4. The highest BCUT2D eigenvalue weighted by Crippen LogP contribution is 2.36. The van der Waals surface area contributed by atoms with Crippen molar-refractivity contribution in [2.75, 3.05) is 32.6 Å². The number of ether oxygens (including phenoxy) is 1. The van der Waals surface area contributed by atoms with Gasteiger partial charge in [-0.15, -0.1) is 11.3 Å². The number of hydrogen-bond donors (Lipinski definition) is 2. The Hall–Kier alpha value is -2.32. The summed E-state index contributed by atoms with van der Waals surface area (Å²) in [4.78, 5) is 32.8. The van der Waals surface area contributed by atoms with Crippen molar-refractivity contribution in [3.05, 3.63) is 44.2 Å². The maximum atomic E-state index is 13.0. The van der Waals surface area contributed by atoms with Crippen molar-refractivity contribution in [2.45, 2.75) is 65.1 Å². The number of thiophene rings is 1. The van der Waals surface area contributed by atoms with Gasteiger partial charge in [-0.2, -0.15) is 0 Å². The van der Waals surface area contributed by atoms with E-state index in [0.717, 1.165) is 17.8 Å². The van der Waals surface area contributed by atoms with Crippen LogP contribution in [0.2, 0.25) is 0 Å². The minimum Gasteiger partial charge on any atom is -0.496 e. The van der Waals surface area contributed by atoms with Crippen molar-refractivity contribution in [3.8, 4) is 5.75 Å². The molecule has 0 aromatic carbocycles. The van der Waals surface area contributed by atoms with Gasteiger partial charge in [-0.3, -0.25) is 9.59 Å². The van der Waals surface area contributed by atoms with E-state index in [9.17, 15) is 9.59 Å². The van der Waals surface area contributed by atoms with Crippen LogP contribution in [0.25, 0.3) is 0 Å². The molecule has 0 aliphatic heterocycles. The maximum absolute atomic E-state index is 13.0.